The van der Waals surface area contributed by atoms with Gasteiger partial charge in [-0.15, -0.1) is 0 Å². The Kier molecular flexibility index (Phi) is 50.5. The maximum Gasteiger partial charge on any atom is 0.491 e. The van der Waals surface area contributed by atoms with Gasteiger partial charge in [-0.1, -0.05) is 6.58 Å². The topological polar surface area (TPSA) is 74.6 Å². The van der Waals surface area contributed by atoms with Gasteiger partial charge in [-0.2, -0.15) is 4.89 Å². The van der Waals surface area contributed by atoms with Crippen LogP contribution in [0.25, 0.3) is 0 Å². The van der Waals surface area contributed by atoms with Gasteiger partial charge in [0.15, 0.2) is 0 Å². The van der Waals surface area contributed by atoms with Crippen molar-refractivity contribution in [3.8, 4) is 0 Å². The van der Waals surface area contributed by atoms with E-state index in [9.17, 15) is 4.79 Å². The molecule has 0 aliphatic carbocycles. The molecule has 0 saturated carbocycles. The number of hydrogen-bond acceptors (Lipinski definition) is 2. The quantitative estimate of drug-likeness (QED) is 0.333. The van der Waals surface area contributed by atoms with Gasteiger partial charge in [-0.05, 0) is 4.57 Å². The van der Waals surface area contributed by atoms with E-state index in [1.165, 1.54) is 0 Å². The predicted octanol–water partition coefficient (Wildman–Crippen LogP) is -0.341. The molecule has 0 aliphatic rings. The van der Waals surface area contributed by atoms with E-state index in [4.69, 9.17) is 14.6 Å². The molecule has 2 radical (unpaired) electrons. The molecular weight excluding hydrogens is 177 g/mol. The van der Waals surface area contributed by atoms with Gasteiger partial charge in [-0.3, -0.25) is 0 Å². The minimum absolute atomic E-state index is 0. The van der Waals surface area contributed by atoms with Gasteiger partial charge >= 0.3 is 14.7 Å². The maximum absolute atomic E-state index is 9.25. The van der Waals surface area contributed by atoms with Crippen LogP contribution in [0.3, 0.4) is 0 Å². The zero-order valence-corrected chi connectivity index (χ0v) is 11.0. The van der Waals surface area contributed by atoms with Crippen LogP contribution in [0, 0.1) is 0 Å². The summed E-state index contributed by atoms with van der Waals surface area (Å²) in [6.07, 6.45) is 0.833. The fraction of sp³-hybridized carbons (Fsp3) is 0. The third kappa shape index (κ3) is 59.3. The van der Waals surface area contributed by atoms with Crippen LogP contribution in [-0.2, 0) is 9.36 Å². The van der Waals surface area contributed by atoms with E-state index in [2.05, 4.69) is 6.58 Å². The third-order valence-electron chi connectivity index (χ3n) is 0.175. The Morgan fingerprint density at radius 3 is 1.70 bits per heavy atom. The van der Waals surface area contributed by atoms with Crippen LogP contribution >= 0.6 is 8.69 Å². The largest absolute Gasteiger partial charge is 0.491 e. The SMILES string of the molecule is C=CC(=O)O.O=[PH+]O.[HH].[Na].[Na]. The Morgan fingerprint density at radius 2 is 1.70 bits per heavy atom. The summed E-state index contributed by atoms with van der Waals surface area (Å²) in [7, 11) is -1.17. The molecule has 0 saturated heterocycles. The number of carboxylic acids is 1. The second-order valence-corrected chi connectivity index (χ2v) is 0.816. The first-order valence-electron chi connectivity index (χ1n) is 1.55. The Hall–Kier alpha value is 1.27. The molecule has 2 N–H and O–H groups in total. The summed E-state index contributed by atoms with van der Waals surface area (Å²) >= 11 is 0. The van der Waals surface area contributed by atoms with E-state index in [-0.39, 0.29) is 60.5 Å². The summed E-state index contributed by atoms with van der Waals surface area (Å²) in [6, 6.07) is 0. The standard InChI is InChI=1S/C3H4O2.2Na.HO2P.H2/c1-2-3(4)5;;;1-3-2;/h2H,1H2,(H,4,5);;;3H;1H/p+1. The first kappa shape index (κ1) is 22.5. The molecular formula is C3H8Na2O4P+. The fourth-order valence-corrected chi connectivity index (χ4v) is 0. The molecule has 0 aromatic carbocycles. The van der Waals surface area contributed by atoms with E-state index in [0.29, 0.717) is 0 Å². The summed E-state index contributed by atoms with van der Waals surface area (Å²) in [5, 5.41) is 7.60. The van der Waals surface area contributed by atoms with Crippen LogP contribution in [0.15, 0.2) is 12.7 Å². The van der Waals surface area contributed by atoms with Gasteiger partial charge in [0.2, 0.25) is 0 Å². The number of carboxylic acid groups (broad SMARTS) is 1. The van der Waals surface area contributed by atoms with Crippen LogP contribution in [0.1, 0.15) is 1.43 Å². The summed E-state index contributed by atoms with van der Waals surface area (Å²) in [5.74, 6) is -0.981. The summed E-state index contributed by atoms with van der Waals surface area (Å²) in [5.41, 5.74) is 0. The van der Waals surface area contributed by atoms with Gasteiger partial charge in [0.05, 0.1) is 0 Å². The molecule has 1 atom stereocenters. The smallest absolute Gasteiger partial charge is 0.478 e. The van der Waals surface area contributed by atoms with Gasteiger partial charge in [0, 0.05) is 66.6 Å². The van der Waals surface area contributed by atoms with Crippen LogP contribution in [0.5, 0.6) is 0 Å². The molecule has 0 amide bonds. The van der Waals surface area contributed by atoms with Crippen molar-refractivity contribution in [2.75, 3.05) is 0 Å². The molecule has 7 heteroatoms. The molecule has 0 aromatic rings. The van der Waals surface area contributed by atoms with Crippen molar-refractivity contribution in [2.24, 2.45) is 0 Å². The maximum atomic E-state index is 9.25. The third-order valence-corrected chi connectivity index (χ3v) is 0.175. The minimum Gasteiger partial charge on any atom is -0.478 e. The van der Waals surface area contributed by atoms with E-state index in [1.807, 2.05) is 0 Å². The Morgan fingerprint density at radius 1 is 1.60 bits per heavy atom. The molecule has 0 heterocycles. The molecule has 0 bridgehead atoms. The van der Waals surface area contributed by atoms with Crippen molar-refractivity contribution in [1.82, 2.24) is 0 Å². The average Bonchev–Trinajstić information content (AvgIpc) is 1.69. The van der Waals surface area contributed by atoms with Crippen molar-refractivity contribution in [3.05, 3.63) is 12.7 Å². The first-order chi connectivity index (χ1) is 3.68. The molecule has 0 aromatic heterocycles. The fourth-order valence-electron chi connectivity index (χ4n) is 0. The first-order valence-corrected chi connectivity index (χ1v) is 2.41. The summed E-state index contributed by atoms with van der Waals surface area (Å²) in [4.78, 5) is 16.3. The predicted molar refractivity (Wildman–Crippen MR) is 42.7 cm³/mol. The summed E-state index contributed by atoms with van der Waals surface area (Å²) in [6.45, 7) is 2.96. The number of carbonyl (C=O) groups is 1. The van der Waals surface area contributed by atoms with Crippen molar-refractivity contribution < 1.29 is 20.8 Å². The molecule has 0 aliphatic heterocycles. The zero-order chi connectivity index (χ0) is 6.99. The normalized spacial score (nSPS) is 5.30. The monoisotopic (exact) mass is 185 g/mol. The van der Waals surface area contributed by atoms with Gasteiger partial charge < -0.3 is 5.11 Å². The van der Waals surface area contributed by atoms with Crippen LogP contribution in [0.2, 0.25) is 0 Å². The molecule has 1 unspecified atom stereocenters. The van der Waals surface area contributed by atoms with Crippen molar-refractivity contribution in [1.29, 1.82) is 0 Å². The van der Waals surface area contributed by atoms with Crippen molar-refractivity contribution in [3.63, 3.8) is 0 Å². The minimum atomic E-state index is -1.17. The van der Waals surface area contributed by atoms with Crippen LogP contribution in [-0.4, -0.2) is 75.1 Å². The average molecular weight is 185 g/mol. The Balaban J connectivity index is -0.0000000183. The van der Waals surface area contributed by atoms with Gasteiger partial charge in [0.25, 0.3) is 0 Å². The number of hydrogen-bond donors (Lipinski definition) is 2. The Bertz CT molecular complexity index is 101. The van der Waals surface area contributed by atoms with Gasteiger partial charge in [0.1, 0.15) is 0 Å². The molecule has 10 heavy (non-hydrogen) atoms. The number of rotatable bonds is 1. The summed E-state index contributed by atoms with van der Waals surface area (Å²) < 4.78 is 8.51. The number of aliphatic carboxylic acids is 1. The van der Waals surface area contributed by atoms with Crippen molar-refractivity contribution >= 4 is 73.8 Å². The zero-order valence-electron chi connectivity index (χ0n) is 6.00. The molecule has 0 rings (SSSR count). The molecule has 0 fully saturated rings. The van der Waals surface area contributed by atoms with Crippen LogP contribution in [0.4, 0.5) is 0 Å². The van der Waals surface area contributed by atoms with Gasteiger partial charge in [-0.25, -0.2) is 4.79 Å². The second kappa shape index (κ2) is 22.4. The van der Waals surface area contributed by atoms with E-state index in [1.54, 1.807) is 0 Å². The molecule has 0 spiro atoms. The molecule has 4 nitrogen and oxygen atoms in total. The van der Waals surface area contributed by atoms with Crippen molar-refractivity contribution in [2.45, 2.75) is 0 Å². The second-order valence-electron chi connectivity index (χ2n) is 0.634. The van der Waals surface area contributed by atoms with Crippen LogP contribution < -0.4 is 0 Å². The Labute approximate surface area is 106 Å². The van der Waals surface area contributed by atoms with E-state index in [0.717, 1.165) is 6.08 Å². The molecule has 50 valence electrons. The van der Waals surface area contributed by atoms with E-state index < -0.39 is 14.7 Å². The van der Waals surface area contributed by atoms with E-state index >= 15 is 0 Å².